The van der Waals surface area contributed by atoms with Crippen LogP contribution in [0.15, 0.2) is 0 Å². The third-order valence-corrected chi connectivity index (χ3v) is 10.9. The topological polar surface area (TPSA) is 83.1 Å². The molecule has 0 aromatic carbocycles. The minimum Gasteiger partial charge on any atom is -0.465 e. The monoisotopic (exact) mass is 435 g/mol. The fraction of sp³-hybridized carbons (Fsp3) is 0.895. The van der Waals surface area contributed by atoms with Crippen molar-refractivity contribution in [2.45, 2.75) is 78.5 Å². The maximum absolute atomic E-state index is 11.7. The van der Waals surface area contributed by atoms with Gasteiger partial charge in [-0.15, -0.1) is 0 Å². The first-order valence-corrected chi connectivity index (χ1v) is 16.7. The Kier molecular flexibility index (Phi) is 12.9. The van der Waals surface area contributed by atoms with E-state index < -0.39 is 22.7 Å². The zero-order valence-corrected chi connectivity index (χ0v) is 21.1. The molecule has 0 aliphatic heterocycles. The smallest absolute Gasteiger partial charge is 0.407 e. The SMILES string of the molecule is CCC(C)C(=O)OCCCNC(=O)OCCOC(CC)[Si](C)(C)O[Si](C)(C)C. The molecule has 28 heavy (non-hydrogen) atoms. The van der Waals surface area contributed by atoms with Gasteiger partial charge in [0.05, 0.1) is 24.9 Å². The standard InChI is InChI=1S/C19H41NO6Si2/c1-9-16(3)18(21)24-13-11-12-20-19(22)25-15-14-23-17(10-2)28(7,8)26-27(4,5)6/h16-17H,9-15H2,1-8H3,(H,20,22). The molecule has 0 spiro atoms. The average Bonchev–Trinajstić information content (AvgIpc) is 2.58. The van der Waals surface area contributed by atoms with E-state index in [0.717, 1.165) is 12.8 Å². The molecule has 0 aromatic heterocycles. The zero-order valence-electron chi connectivity index (χ0n) is 19.1. The predicted molar refractivity (Wildman–Crippen MR) is 116 cm³/mol. The lowest BCUT2D eigenvalue weighted by Crippen LogP contribution is -2.52. The van der Waals surface area contributed by atoms with Crippen LogP contribution in [0.1, 0.15) is 40.0 Å². The maximum atomic E-state index is 11.7. The van der Waals surface area contributed by atoms with Crippen molar-refractivity contribution in [3.05, 3.63) is 0 Å². The number of nitrogens with one attached hydrogen (secondary N) is 1. The fourth-order valence-electron chi connectivity index (χ4n) is 2.79. The molecule has 7 nitrogen and oxygen atoms in total. The molecule has 2 unspecified atom stereocenters. The number of hydrogen-bond acceptors (Lipinski definition) is 6. The van der Waals surface area contributed by atoms with Gasteiger partial charge in [-0.2, -0.15) is 0 Å². The minimum atomic E-state index is -1.95. The van der Waals surface area contributed by atoms with E-state index >= 15 is 0 Å². The van der Waals surface area contributed by atoms with E-state index in [1.807, 2.05) is 13.8 Å². The van der Waals surface area contributed by atoms with Gasteiger partial charge in [0.1, 0.15) is 6.61 Å². The highest BCUT2D eigenvalue weighted by atomic mass is 28.4. The molecule has 0 fully saturated rings. The van der Waals surface area contributed by atoms with Crippen LogP contribution >= 0.6 is 0 Å². The molecule has 2 atom stereocenters. The molecule has 0 aliphatic rings. The number of ether oxygens (including phenoxy) is 3. The summed E-state index contributed by atoms with van der Waals surface area (Å²) in [6.07, 6.45) is 1.71. The number of esters is 1. The normalized spacial score (nSPS) is 14.3. The molecular weight excluding hydrogens is 394 g/mol. The maximum Gasteiger partial charge on any atom is 0.407 e. The van der Waals surface area contributed by atoms with Gasteiger partial charge in [-0.25, -0.2) is 4.79 Å². The van der Waals surface area contributed by atoms with E-state index in [0.29, 0.717) is 26.2 Å². The second kappa shape index (κ2) is 13.3. The van der Waals surface area contributed by atoms with Crippen molar-refractivity contribution < 1.29 is 27.9 Å². The molecule has 0 radical (unpaired) electrons. The van der Waals surface area contributed by atoms with E-state index in [1.165, 1.54) is 0 Å². The van der Waals surface area contributed by atoms with Crippen molar-refractivity contribution >= 4 is 28.7 Å². The average molecular weight is 436 g/mol. The van der Waals surface area contributed by atoms with Crippen LogP contribution in [0.4, 0.5) is 4.79 Å². The lowest BCUT2D eigenvalue weighted by molar-refractivity contribution is -0.148. The first kappa shape index (κ1) is 27.1. The largest absolute Gasteiger partial charge is 0.465 e. The van der Waals surface area contributed by atoms with Crippen molar-refractivity contribution in [3.8, 4) is 0 Å². The summed E-state index contributed by atoms with van der Waals surface area (Å²) in [6, 6.07) is 0. The molecule has 0 aromatic rings. The van der Waals surface area contributed by atoms with Crippen molar-refractivity contribution in [3.63, 3.8) is 0 Å². The second-order valence-corrected chi connectivity index (χ2v) is 17.4. The Balaban J connectivity index is 3.95. The number of rotatable bonds is 14. The van der Waals surface area contributed by atoms with Crippen LogP contribution in [0.2, 0.25) is 32.7 Å². The summed E-state index contributed by atoms with van der Waals surface area (Å²) in [5.74, 6) is -0.286. The summed E-state index contributed by atoms with van der Waals surface area (Å²) in [6.45, 7) is 18.0. The van der Waals surface area contributed by atoms with Crippen LogP contribution in [0.25, 0.3) is 0 Å². The first-order chi connectivity index (χ1) is 12.9. The Bertz CT molecular complexity index is 468. The molecule has 9 heteroatoms. The second-order valence-electron chi connectivity index (χ2n) is 8.48. The van der Waals surface area contributed by atoms with E-state index in [4.69, 9.17) is 18.3 Å². The van der Waals surface area contributed by atoms with E-state index in [-0.39, 0.29) is 24.2 Å². The van der Waals surface area contributed by atoms with Crippen LogP contribution in [0.5, 0.6) is 0 Å². The van der Waals surface area contributed by atoms with Crippen LogP contribution in [0, 0.1) is 5.92 Å². The van der Waals surface area contributed by atoms with Crippen LogP contribution in [-0.2, 0) is 23.1 Å². The predicted octanol–water partition coefficient (Wildman–Crippen LogP) is 4.08. The Morgan fingerprint density at radius 2 is 1.57 bits per heavy atom. The minimum absolute atomic E-state index is 0.0751. The quantitative estimate of drug-likeness (QED) is 0.251. The zero-order chi connectivity index (χ0) is 21.8. The molecule has 0 saturated heterocycles. The molecule has 0 heterocycles. The third kappa shape index (κ3) is 12.5. The number of amides is 1. The summed E-state index contributed by atoms with van der Waals surface area (Å²) >= 11 is 0. The van der Waals surface area contributed by atoms with Crippen LogP contribution in [0.3, 0.4) is 0 Å². The van der Waals surface area contributed by atoms with Gasteiger partial charge >= 0.3 is 12.1 Å². The van der Waals surface area contributed by atoms with E-state index in [9.17, 15) is 9.59 Å². The van der Waals surface area contributed by atoms with Crippen molar-refractivity contribution in [1.29, 1.82) is 0 Å². The Morgan fingerprint density at radius 1 is 0.929 bits per heavy atom. The molecule has 166 valence electrons. The van der Waals surface area contributed by atoms with Crippen molar-refractivity contribution in [2.24, 2.45) is 5.92 Å². The highest BCUT2D eigenvalue weighted by molar-refractivity contribution is 6.84. The van der Waals surface area contributed by atoms with Gasteiger partial charge in [0, 0.05) is 6.54 Å². The van der Waals surface area contributed by atoms with Gasteiger partial charge < -0.3 is 23.6 Å². The fourth-order valence-corrected chi connectivity index (χ4v) is 11.1. The number of carbonyl (C=O) groups is 2. The van der Waals surface area contributed by atoms with Gasteiger partial charge in [-0.1, -0.05) is 20.8 Å². The lowest BCUT2D eigenvalue weighted by Gasteiger charge is -2.37. The van der Waals surface area contributed by atoms with E-state index in [1.54, 1.807) is 0 Å². The number of hydrogen-bond donors (Lipinski definition) is 1. The highest BCUT2D eigenvalue weighted by Gasteiger charge is 2.37. The van der Waals surface area contributed by atoms with Gasteiger partial charge in [0.25, 0.3) is 0 Å². The van der Waals surface area contributed by atoms with Gasteiger partial charge in [-0.3, -0.25) is 4.79 Å². The van der Waals surface area contributed by atoms with Crippen LogP contribution < -0.4 is 5.32 Å². The summed E-state index contributed by atoms with van der Waals surface area (Å²) in [5, 5.41) is 2.64. The molecule has 0 bridgehead atoms. The molecule has 1 amide bonds. The molecule has 1 N–H and O–H groups in total. The van der Waals surface area contributed by atoms with Crippen molar-refractivity contribution in [1.82, 2.24) is 5.32 Å². The Labute approximate surface area is 173 Å². The summed E-state index contributed by atoms with van der Waals surface area (Å²) in [7, 11) is -3.57. The van der Waals surface area contributed by atoms with Crippen molar-refractivity contribution in [2.75, 3.05) is 26.4 Å². The number of alkyl carbamates (subject to hydrolysis) is 1. The summed E-state index contributed by atoms with van der Waals surface area (Å²) in [5.41, 5.74) is 0.0751. The Morgan fingerprint density at radius 3 is 2.11 bits per heavy atom. The van der Waals surface area contributed by atoms with Gasteiger partial charge in [0.15, 0.2) is 8.32 Å². The first-order valence-electron chi connectivity index (χ1n) is 10.3. The molecule has 0 saturated carbocycles. The molecule has 0 aliphatic carbocycles. The molecule has 0 rings (SSSR count). The number of carbonyl (C=O) groups excluding carboxylic acids is 2. The van der Waals surface area contributed by atoms with Crippen LogP contribution in [-0.4, -0.2) is 60.8 Å². The van der Waals surface area contributed by atoms with Gasteiger partial charge in [0.2, 0.25) is 8.32 Å². The van der Waals surface area contributed by atoms with Gasteiger partial charge in [-0.05, 0) is 52.0 Å². The van der Waals surface area contributed by atoms with E-state index in [2.05, 4.69) is 45.0 Å². The highest BCUT2D eigenvalue weighted by Crippen LogP contribution is 2.21. The molecular formula is C19H41NO6Si2. The summed E-state index contributed by atoms with van der Waals surface area (Å²) in [4.78, 5) is 23.2. The summed E-state index contributed by atoms with van der Waals surface area (Å²) < 4.78 is 22.6. The lowest BCUT2D eigenvalue weighted by atomic mass is 10.1. The third-order valence-electron chi connectivity index (χ3n) is 4.20. The Hall–Kier alpha value is -0.906.